The van der Waals surface area contributed by atoms with Gasteiger partial charge >= 0.3 is 0 Å². The molecule has 5 heteroatoms. The number of thiazole rings is 1. The van der Waals surface area contributed by atoms with E-state index in [9.17, 15) is 4.79 Å². The zero-order valence-electron chi connectivity index (χ0n) is 19.1. The second-order valence-electron chi connectivity index (χ2n) is 8.19. The molecule has 0 aliphatic carbocycles. The highest BCUT2D eigenvalue weighted by atomic mass is 32.1. The van der Waals surface area contributed by atoms with Crippen molar-refractivity contribution in [2.75, 3.05) is 0 Å². The van der Waals surface area contributed by atoms with Crippen LogP contribution < -0.4 is 9.47 Å². The number of rotatable bonds is 9. The van der Waals surface area contributed by atoms with E-state index < -0.39 is 0 Å². The molecule has 0 atom stereocenters. The molecular weight excluding hydrogens is 430 g/mol. The van der Waals surface area contributed by atoms with Gasteiger partial charge in [-0.2, -0.15) is 0 Å². The molecule has 0 aliphatic heterocycles. The van der Waals surface area contributed by atoms with Crippen LogP contribution in [0.1, 0.15) is 41.0 Å². The van der Waals surface area contributed by atoms with E-state index >= 15 is 0 Å². The Balaban J connectivity index is 1.40. The van der Waals surface area contributed by atoms with Gasteiger partial charge in [-0.25, -0.2) is 4.98 Å². The average Bonchev–Trinajstić information content (AvgIpc) is 3.31. The summed E-state index contributed by atoms with van der Waals surface area (Å²) in [5.41, 5.74) is 4.64. The fourth-order valence-electron chi connectivity index (χ4n) is 3.55. The van der Waals surface area contributed by atoms with Gasteiger partial charge in [-0.3, -0.25) is 4.79 Å². The highest BCUT2D eigenvalue weighted by Gasteiger charge is 2.17. The zero-order chi connectivity index (χ0) is 23.2. The van der Waals surface area contributed by atoms with Gasteiger partial charge in [-0.1, -0.05) is 68.4 Å². The summed E-state index contributed by atoms with van der Waals surface area (Å²) in [7, 11) is 0. The molecule has 0 amide bonds. The van der Waals surface area contributed by atoms with Crippen molar-refractivity contribution in [3.05, 3.63) is 101 Å². The number of aromatic nitrogens is 1. The molecule has 0 saturated heterocycles. The summed E-state index contributed by atoms with van der Waals surface area (Å²) in [6.07, 6.45) is 0. The van der Waals surface area contributed by atoms with Gasteiger partial charge in [0.25, 0.3) is 0 Å². The molecule has 0 aliphatic rings. The van der Waals surface area contributed by atoms with Crippen molar-refractivity contribution in [2.45, 2.75) is 34.0 Å². The third-order valence-electron chi connectivity index (χ3n) is 5.29. The van der Waals surface area contributed by atoms with E-state index in [4.69, 9.17) is 9.47 Å². The first-order chi connectivity index (χ1) is 16.0. The maximum atomic E-state index is 12.7. The molecule has 3 aromatic carbocycles. The van der Waals surface area contributed by atoms with Gasteiger partial charge in [0.05, 0.1) is 5.69 Å². The number of hydrogen-bond donors (Lipinski definition) is 0. The zero-order valence-corrected chi connectivity index (χ0v) is 19.9. The minimum absolute atomic E-state index is 0.0605. The van der Waals surface area contributed by atoms with E-state index in [2.05, 4.69) is 17.1 Å². The van der Waals surface area contributed by atoms with Crippen LogP contribution in [0, 0.1) is 12.8 Å². The van der Waals surface area contributed by atoms with E-state index in [1.165, 1.54) is 0 Å². The molecule has 0 radical (unpaired) electrons. The van der Waals surface area contributed by atoms with Gasteiger partial charge in [0.15, 0.2) is 5.78 Å². The van der Waals surface area contributed by atoms with Crippen molar-refractivity contribution < 1.29 is 14.3 Å². The Kier molecular flexibility index (Phi) is 7.20. The van der Waals surface area contributed by atoms with Gasteiger partial charge in [0.1, 0.15) is 29.7 Å². The predicted octanol–water partition coefficient (Wildman–Crippen LogP) is 7.12. The van der Waals surface area contributed by atoms with Crippen LogP contribution in [0.5, 0.6) is 11.5 Å². The molecular formula is C28H27NO3S. The Morgan fingerprint density at radius 1 is 0.909 bits per heavy atom. The van der Waals surface area contributed by atoms with Gasteiger partial charge in [0, 0.05) is 34.1 Å². The third kappa shape index (κ3) is 5.68. The van der Waals surface area contributed by atoms with Crippen molar-refractivity contribution in [3.8, 4) is 22.1 Å². The number of carbonyl (C=O) groups excluding carboxylic acids is 1. The lowest BCUT2D eigenvalue weighted by molar-refractivity contribution is 0.0936. The van der Waals surface area contributed by atoms with Crippen LogP contribution in [-0.4, -0.2) is 10.8 Å². The van der Waals surface area contributed by atoms with Crippen LogP contribution in [0.3, 0.4) is 0 Å². The molecule has 0 spiro atoms. The topological polar surface area (TPSA) is 48.4 Å². The Hall–Kier alpha value is -3.44. The summed E-state index contributed by atoms with van der Waals surface area (Å²) in [6, 6.07) is 23.6. The number of aryl methyl sites for hydroxylation is 1. The normalized spacial score (nSPS) is 10.9. The summed E-state index contributed by atoms with van der Waals surface area (Å²) in [6.45, 7) is 6.52. The van der Waals surface area contributed by atoms with Crippen LogP contribution in [-0.2, 0) is 13.2 Å². The van der Waals surface area contributed by atoms with E-state index in [1.807, 2.05) is 86.8 Å². The number of Topliss-reactive ketones (excluding diaryl/α,β-unsaturated/α-hetero) is 1. The molecule has 4 rings (SSSR count). The SMILES string of the molecule is Cc1cccc(COc2cccc(OCc3csc(-c4ccccc4)n3)c2)c1C(=O)C(C)C. The number of carbonyl (C=O) groups is 1. The highest BCUT2D eigenvalue weighted by molar-refractivity contribution is 7.13. The molecule has 0 fully saturated rings. The van der Waals surface area contributed by atoms with Gasteiger partial charge in [-0.05, 0) is 24.6 Å². The second-order valence-corrected chi connectivity index (χ2v) is 9.05. The molecule has 0 N–H and O–H groups in total. The fraction of sp³-hybridized carbons (Fsp3) is 0.214. The number of ether oxygens (including phenoxy) is 2. The summed E-state index contributed by atoms with van der Waals surface area (Å²) in [5, 5.41) is 3.00. The number of ketones is 1. The average molecular weight is 458 g/mol. The van der Waals surface area contributed by atoms with Crippen molar-refractivity contribution in [1.82, 2.24) is 4.98 Å². The largest absolute Gasteiger partial charge is 0.489 e. The van der Waals surface area contributed by atoms with Crippen LogP contribution in [0.25, 0.3) is 10.6 Å². The van der Waals surface area contributed by atoms with E-state index in [1.54, 1.807) is 11.3 Å². The first-order valence-corrected chi connectivity index (χ1v) is 11.9. The standard InChI is InChI=1S/C28H27NO3S/c1-19(2)27(30)26-20(3)9-7-12-22(26)16-31-24-13-8-14-25(15-24)32-17-23-18-33-28(29-23)21-10-5-4-6-11-21/h4-15,18-19H,16-17H2,1-3H3. The summed E-state index contributed by atoms with van der Waals surface area (Å²) < 4.78 is 12.0. The molecule has 1 aromatic heterocycles. The van der Waals surface area contributed by atoms with Gasteiger partial charge < -0.3 is 9.47 Å². The van der Waals surface area contributed by atoms with Crippen LogP contribution in [0.4, 0.5) is 0 Å². The van der Waals surface area contributed by atoms with Crippen molar-refractivity contribution in [1.29, 1.82) is 0 Å². The molecule has 0 unspecified atom stereocenters. The quantitative estimate of drug-likeness (QED) is 0.251. The fourth-order valence-corrected chi connectivity index (χ4v) is 4.36. The molecule has 33 heavy (non-hydrogen) atoms. The lowest BCUT2D eigenvalue weighted by atomic mass is 9.93. The number of benzene rings is 3. The Morgan fingerprint density at radius 2 is 1.61 bits per heavy atom. The van der Waals surface area contributed by atoms with Crippen LogP contribution >= 0.6 is 11.3 Å². The van der Waals surface area contributed by atoms with Crippen molar-refractivity contribution in [3.63, 3.8) is 0 Å². The summed E-state index contributed by atoms with van der Waals surface area (Å²) in [4.78, 5) is 17.4. The monoisotopic (exact) mass is 457 g/mol. The van der Waals surface area contributed by atoms with Crippen molar-refractivity contribution >= 4 is 17.1 Å². The molecule has 4 nitrogen and oxygen atoms in total. The molecule has 0 saturated carbocycles. The lowest BCUT2D eigenvalue weighted by Crippen LogP contribution is -2.13. The second kappa shape index (κ2) is 10.5. The molecule has 4 aromatic rings. The maximum absolute atomic E-state index is 12.7. The minimum atomic E-state index is -0.0605. The maximum Gasteiger partial charge on any atom is 0.166 e. The third-order valence-corrected chi connectivity index (χ3v) is 6.23. The number of nitrogens with zero attached hydrogens (tertiary/aromatic N) is 1. The Labute approximate surface area is 198 Å². The van der Waals surface area contributed by atoms with Gasteiger partial charge in [-0.15, -0.1) is 11.3 Å². The summed E-state index contributed by atoms with van der Waals surface area (Å²) in [5.74, 6) is 1.49. The lowest BCUT2D eigenvalue weighted by Gasteiger charge is -2.15. The first kappa shape index (κ1) is 22.7. The van der Waals surface area contributed by atoms with Crippen LogP contribution in [0.15, 0.2) is 78.2 Å². The molecule has 168 valence electrons. The van der Waals surface area contributed by atoms with Crippen LogP contribution in [0.2, 0.25) is 0 Å². The Morgan fingerprint density at radius 3 is 2.33 bits per heavy atom. The minimum Gasteiger partial charge on any atom is -0.489 e. The smallest absolute Gasteiger partial charge is 0.166 e. The first-order valence-electron chi connectivity index (χ1n) is 11.0. The highest BCUT2D eigenvalue weighted by Crippen LogP contribution is 2.26. The number of hydrogen-bond acceptors (Lipinski definition) is 5. The van der Waals surface area contributed by atoms with E-state index in [0.29, 0.717) is 24.7 Å². The van der Waals surface area contributed by atoms with E-state index in [0.717, 1.165) is 33.0 Å². The molecule has 1 heterocycles. The Bertz CT molecular complexity index is 1230. The van der Waals surface area contributed by atoms with E-state index in [-0.39, 0.29) is 11.7 Å². The van der Waals surface area contributed by atoms with Crippen molar-refractivity contribution in [2.24, 2.45) is 5.92 Å². The van der Waals surface area contributed by atoms with Gasteiger partial charge in [0.2, 0.25) is 0 Å². The molecule has 0 bridgehead atoms. The predicted molar refractivity (Wildman–Crippen MR) is 133 cm³/mol. The summed E-state index contributed by atoms with van der Waals surface area (Å²) >= 11 is 1.61.